The van der Waals surface area contributed by atoms with Crippen LogP contribution in [0.3, 0.4) is 0 Å². The third kappa shape index (κ3) is 8.04. The highest BCUT2D eigenvalue weighted by Gasteiger charge is 2.13. The predicted octanol–water partition coefficient (Wildman–Crippen LogP) is 0.778. The number of rotatable bonds is 9. The van der Waals surface area contributed by atoms with Gasteiger partial charge >= 0.3 is 5.97 Å². The lowest BCUT2D eigenvalue weighted by Crippen LogP contribution is -2.34. The molecule has 0 N–H and O–H groups in total. The fraction of sp³-hybridized carbons (Fsp3) is 0.818. The summed E-state index contributed by atoms with van der Waals surface area (Å²) in [7, 11) is 2.98. The van der Waals surface area contributed by atoms with E-state index in [0.717, 1.165) is 5.75 Å². The minimum absolute atomic E-state index is 0.0532. The highest BCUT2D eigenvalue weighted by Crippen LogP contribution is 2.03. The highest BCUT2D eigenvalue weighted by molar-refractivity contribution is 7.99. The summed E-state index contributed by atoms with van der Waals surface area (Å²) in [5.41, 5.74) is 0. The van der Waals surface area contributed by atoms with Crippen molar-refractivity contribution in [3.63, 3.8) is 0 Å². The van der Waals surface area contributed by atoms with E-state index in [-0.39, 0.29) is 18.3 Å². The average Bonchev–Trinajstić information content (AvgIpc) is 2.35. The van der Waals surface area contributed by atoms with Gasteiger partial charge in [0.1, 0.15) is 0 Å². The van der Waals surface area contributed by atoms with Crippen molar-refractivity contribution in [2.75, 3.05) is 45.4 Å². The Kier molecular flexibility index (Phi) is 9.95. The summed E-state index contributed by atoms with van der Waals surface area (Å²) in [5, 5.41) is 0. The van der Waals surface area contributed by atoms with Gasteiger partial charge < -0.3 is 14.4 Å². The summed E-state index contributed by atoms with van der Waals surface area (Å²) in [6.07, 6.45) is 0.249. The van der Waals surface area contributed by atoms with Crippen LogP contribution in [0.2, 0.25) is 0 Å². The number of methoxy groups -OCH3 is 2. The molecule has 0 aromatic rings. The Morgan fingerprint density at radius 3 is 2.53 bits per heavy atom. The second kappa shape index (κ2) is 10.4. The number of ether oxygens (including phenoxy) is 2. The molecule has 0 saturated heterocycles. The molecule has 0 radical (unpaired) electrons. The maximum absolute atomic E-state index is 11.8. The number of hydrogen-bond acceptors (Lipinski definition) is 5. The molecule has 0 rings (SSSR count). The summed E-state index contributed by atoms with van der Waals surface area (Å²) in [6, 6.07) is 0. The smallest absolute Gasteiger partial charge is 0.307 e. The first kappa shape index (κ1) is 16.2. The van der Waals surface area contributed by atoms with Gasteiger partial charge in [0.15, 0.2) is 0 Å². The number of amides is 1. The molecule has 1 amide bonds. The fourth-order valence-corrected chi connectivity index (χ4v) is 1.97. The van der Waals surface area contributed by atoms with Crippen LogP contribution in [0.15, 0.2) is 0 Å². The van der Waals surface area contributed by atoms with E-state index in [9.17, 15) is 9.59 Å². The van der Waals surface area contributed by atoms with Crippen molar-refractivity contribution in [2.45, 2.75) is 13.3 Å². The molecule has 6 heteroatoms. The van der Waals surface area contributed by atoms with Gasteiger partial charge in [-0.2, -0.15) is 0 Å². The molecular weight excluding hydrogens is 242 g/mol. The van der Waals surface area contributed by atoms with E-state index in [0.29, 0.717) is 25.4 Å². The van der Waals surface area contributed by atoms with Crippen molar-refractivity contribution in [3.05, 3.63) is 0 Å². The molecule has 0 heterocycles. The van der Waals surface area contributed by atoms with Crippen LogP contribution in [-0.2, 0) is 19.1 Å². The molecule has 0 spiro atoms. The Morgan fingerprint density at radius 1 is 1.29 bits per heavy atom. The Labute approximate surface area is 107 Å². The van der Waals surface area contributed by atoms with Gasteiger partial charge in [0.25, 0.3) is 0 Å². The number of esters is 1. The first-order valence-electron chi connectivity index (χ1n) is 5.57. The number of nitrogens with zero attached hydrogens (tertiary/aromatic N) is 1. The number of carbonyl (C=O) groups excluding carboxylic acids is 2. The molecule has 0 aromatic heterocycles. The van der Waals surface area contributed by atoms with Crippen molar-refractivity contribution >= 4 is 23.6 Å². The van der Waals surface area contributed by atoms with Crippen LogP contribution in [0, 0.1) is 0 Å². The maximum atomic E-state index is 11.8. The summed E-state index contributed by atoms with van der Waals surface area (Å²) in [6.45, 7) is 3.58. The number of carbonyl (C=O) groups is 2. The topological polar surface area (TPSA) is 55.8 Å². The van der Waals surface area contributed by atoms with Gasteiger partial charge in [-0.05, 0) is 6.92 Å². The minimum Gasteiger partial charge on any atom is -0.469 e. The lowest BCUT2D eigenvalue weighted by atomic mass is 10.3. The molecule has 5 nitrogen and oxygen atoms in total. The lowest BCUT2D eigenvalue weighted by molar-refractivity contribution is -0.141. The van der Waals surface area contributed by atoms with Gasteiger partial charge in [-0.3, -0.25) is 9.59 Å². The molecule has 100 valence electrons. The second-order valence-corrected chi connectivity index (χ2v) is 4.45. The first-order chi connectivity index (χ1) is 8.15. The molecule has 17 heavy (non-hydrogen) atoms. The summed E-state index contributed by atoms with van der Waals surface area (Å²) in [4.78, 5) is 24.4. The van der Waals surface area contributed by atoms with Gasteiger partial charge in [0.2, 0.25) is 5.91 Å². The van der Waals surface area contributed by atoms with E-state index in [4.69, 9.17) is 4.74 Å². The van der Waals surface area contributed by atoms with E-state index in [1.54, 1.807) is 12.0 Å². The standard InChI is InChI=1S/C11H21NO4S/c1-4-12(6-5-11(14)16-3)10(13)9-17-8-7-15-2/h4-9H2,1-3H3. The van der Waals surface area contributed by atoms with Crippen LogP contribution in [0.1, 0.15) is 13.3 Å². The molecule has 0 saturated carbocycles. The number of thioether (sulfide) groups is 1. The Morgan fingerprint density at radius 2 is 2.00 bits per heavy atom. The molecule has 0 bridgehead atoms. The van der Waals surface area contributed by atoms with Crippen LogP contribution < -0.4 is 0 Å². The highest BCUT2D eigenvalue weighted by atomic mass is 32.2. The Bertz CT molecular complexity index is 236. The summed E-state index contributed by atoms with van der Waals surface area (Å²) >= 11 is 1.54. The molecule has 0 atom stereocenters. The molecule has 0 fully saturated rings. The first-order valence-corrected chi connectivity index (χ1v) is 6.72. The fourth-order valence-electron chi connectivity index (χ4n) is 1.18. The Hall–Kier alpha value is -0.750. The lowest BCUT2D eigenvalue weighted by Gasteiger charge is -2.20. The van der Waals surface area contributed by atoms with Crippen LogP contribution in [0.4, 0.5) is 0 Å². The van der Waals surface area contributed by atoms with Gasteiger partial charge in [-0.25, -0.2) is 0 Å². The van der Waals surface area contributed by atoms with Crippen LogP contribution >= 0.6 is 11.8 Å². The molecule has 0 aromatic carbocycles. The minimum atomic E-state index is -0.289. The summed E-state index contributed by atoms with van der Waals surface area (Å²) in [5.74, 6) is 0.996. The van der Waals surface area contributed by atoms with Crippen molar-refractivity contribution in [1.82, 2.24) is 4.90 Å². The number of hydrogen-bond donors (Lipinski definition) is 0. The Balaban J connectivity index is 3.83. The van der Waals surface area contributed by atoms with E-state index in [1.807, 2.05) is 6.92 Å². The summed E-state index contributed by atoms with van der Waals surface area (Å²) < 4.78 is 9.44. The molecule has 0 unspecified atom stereocenters. The van der Waals surface area contributed by atoms with Gasteiger partial charge in [0, 0.05) is 26.0 Å². The van der Waals surface area contributed by atoms with Crippen LogP contribution in [0.5, 0.6) is 0 Å². The van der Waals surface area contributed by atoms with E-state index < -0.39 is 0 Å². The van der Waals surface area contributed by atoms with Crippen LogP contribution in [-0.4, -0.2) is 62.2 Å². The maximum Gasteiger partial charge on any atom is 0.307 e. The largest absolute Gasteiger partial charge is 0.469 e. The third-order valence-corrected chi connectivity index (χ3v) is 3.11. The van der Waals surface area contributed by atoms with E-state index >= 15 is 0 Å². The molecule has 0 aliphatic rings. The van der Waals surface area contributed by atoms with E-state index in [1.165, 1.54) is 18.9 Å². The monoisotopic (exact) mass is 263 g/mol. The van der Waals surface area contributed by atoms with Crippen molar-refractivity contribution in [2.24, 2.45) is 0 Å². The van der Waals surface area contributed by atoms with Crippen molar-refractivity contribution in [3.8, 4) is 0 Å². The molecule has 0 aliphatic carbocycles. The third-order valence-electron chi connectivity index (χ3n) is 2.21. The zero-order valence-corrected chi connectivity index (χ0v) is 11.5. The van der Waals surface area contributed by atoms with Gasteiger partial charge in [-0.15, -0.1) is 11.8 Å². The van der Waals surface area contributed by atoms with Crippen molar-refractivity contribution in [1.29, 1.82) is 0 Å². The van der Waals surface area contributed by atoms with E-state index in [2.05, 4.69) is 4.74 Å². The zero-order valence-electron chi connectivity index (χ0n) is 10.7. The zero-order chi connectivity index (χ0) is 13.1. The molecule has 0 aliphatic heterocycles. The normalized spacial score (nSPS) is 10.1. The van der Waals surface area contributed by atoms with Gasteiger partial charge in [0.05, 0.1) is 25.9 Å². The second-order valence-electron chi connectivity index (χ2n) is 3.34. The van der Waals surface area contributed by atoms with Crippen LogP contribution in [0.25, 0.3) is 0 Å². The predicted molar refractivity (Wildman–Crippen MR) is 68.1 cm³/mol. The quantitative estimate of drug-likeness (QED) is 0.454. The SMILES string of the molecule is CCN(CCC(=O)OC)C(=O)CSCCOC. The molecular formula is C11H21NO4S. The van der Waals surface area contributed by atoms with Gasteiger partial charge in [-0.1, -0.05) is 0 Å². The average molecular weight is 263 g/mol. The van der Waals surface area contributed by atoms with Crippen molar-refractivity contribution < 1.29 is 19.1 Å².